The summed E-state index contributed by atoms with van der Waals surface area (Å²) in [5.74, 6) is -0.133. The zero-order chi connectivity index (χ0) is 19.5. The summed E-state index contributed by atoms with van der Waals surface area (Å²) in [6, 6.07) is 14.3. The predicted molar refractivity (Wildman–Crippen MR) is 108 cm³/mol. The first-order chi connectivity index (χ1) is 13.6. The number of nitrogens with one attached hydrogen (secondary N) is 1. The molecule has 0 fully saturated rings. The van der Waals surface area contributed by atoms with Crippen molar-refractivity contribution in [1.29, 1.82) is 0 Å². The molecule has 3 aromatic heterocycles. The number of pyridine rings is 1. The van der Waals surface area contributed by atoms with Crippen molar-refractivity contribution in [2.45, 2.75) is 6.92 Å². The molecule has 4 rings (SSSR count). The Morgan fingerprint density at radius 1 is 1.11 bits per heavy atom. The maximum Gasteiger partial charge on any atom is 0.273 e. The van der Waals surface area contributed by atoms with E-state index in [-0.39, 0.29) is 11.5 Å². The second kappa shape index (κ2) is 7.32. The minimum Gasteiger partial charge on any atom is -0.326 e. The van der Waals surface area contributed by atoms with Crippen LogP contribution in [0.3, 0.4) is 0 Å². The normalized spacial score (nSPS) is 11.2. The molecule has 0 aliphatic rings. The van der Waals surface area contributed by atoms with E-state index in [1.54, 1.807) is 47.5 Å². The van der Waals surface area contributed by atoms with Crippen LogP contribution >= 0.6 is 0 Å². The molecular formula is C21H17N5O2. The molecule has 4 aromatic rings. The summed E-state index contributed by atoms with van der Waals surface area (Å²) in [5.41, 5.74) is 3.35. The number of carbonyl (C=O) groups is 1. The molecule has 0 spiro atoms. The number of aromatic nitrogens is 4. The summed E-state index contributed by atoms with van der Waals surface area (Å²) in [5, 5.41) is 2.72. The smallest absolute Gasteiger partial charge is 0.273 e. The molecule has 0 atom stereocenters. The molecule has 0 bridgehead atoms. The number of anilines is 1. The largest absolute Gasteiger partial charge is 0.326 e. The fourth-order valence-corrected chi connectivity index (χ4v) is 2.88. The van der Waals surface area contributed by atoms with Crippen LogP contribution in [0.2, 0.25) is 0 Å². The Balaban J connectivity index is 1.68. The highest BCUT2D eigenvalue weighted by Crippen LogP contribution is 2.15. The van der Waals surface area contributed by atoms with Gasteiger partial charge < -0.3 is 5.32 Å². The van der Waals surface area contributed by atoms with Gasteiger partial charge >= 0.3 is 0 Å². The number of hydrogen-bond acceptors (Lipinski definition) is 4. The highest BCUT2D eigenvalue weighted by Gasteiger charge is 2.07. The molecule has 0 aliphatic heterocycles. The fourth-order valence-electron chi connectivity index (χ4n) is 2.88. The number of benzene rings is 1. The van der Waals surface area contributed by atoms with Gasteiger partial charge in [-0.3, -0.25) is 19.3 Å². The quantitative estimate of drug-likeness (QED) is 0.598. The topological polar surface area (TPSA) is 81.3 Å². The number of carbonyl (C=O) groups excluding carboxylic acids is 1. The second-order valence-corrected chi connectivity index (χ2v) is 6.20. The molecule has 0 aliphatic carbocycles. The van der Waals surface area contributed by atoms with Gasteiger partial charge in [-0.2, -0.15) is 4.52 Å². The van der Waals surface area contributed by atoms with E-state index in [1.807, 2.05) is 30.3 Å². The molecule has 0 unspecified atom stereocenters. The van der Waals surface area contributed by atoms with E-state index in [0.717, 1.165) is 11.3 Å². The number of fused-ring (bicyclic) bond motifs is 1. The van der Waals surface area contributed by atoms with Crippen molar-refractivity contribution in [1.82, 2.24) is 19.2 Å². The standard InChI is InChI=1S/C21H17N5O2/c1-15(27)23-17-6-8-19(9-7-17)25-12-10-20-24-18(13-21(28)26(20)25)5-4-16-3-2-11-22-14-16/h2-14H,1H3,(H,23,27). The van der Waals surface area contributed by atoms with Crippen LogP contribution in [0.5, 0.6) is 0 Å². The predicted octanol–water partition coefficient (Wildman–Crippen LogP) is 3.01. The maximum absolute atomic E-state index is 12.7. The Bertz CT molecular complexity index is 1220. The molecular weight excluding hydrogens is 354 g/mol. The number of nitrogens with zero attached hydrogens (tertiary/aromatic N) is 4. The molecule has 138 valence electrons. The van der Waals surface area contributed by atoms with Crippen LogP contribution in [0, 0.1) is 0 Å². The molecule has 28 heavy (non-hydrogen) atoms. The van der Waals surface area contributed by atoms with Crippen LogP contribution in [0.1, 0.15) is 18.2 Å². The van der Waals surface area contributed by atoms with Gasteiger partial charge in [0.25, 0.3) is 5.56 Å². The highest BCUT2D eigenvalue weighted by molar-refractivity contribution is 5.88. The van der Waals surface area contributed by atoms with Gasteiger partial charge in [-0.25, -0.2) is 4.98 Å². The summed E-state index contributed by atoms with van der Waals surface area (Å²) < 4.78 is 3.21. The third-order valence-corrected chi connectivity index (χ3v) is 4.10. The third kappa shape index (κ3) is 3.59. The highest BCUT2D eigenvalue weighted by atomic mass is 16.1. The molecule has 1 N–H and O–H groups in total. The minimum atomic E-state index is -0.188. The van der Waals surface area contributed by atoms with Gasteiger partial charge in [-0.05, 0) is 42.0 Å². The summed E-state index contributed by atoms with van der Waals surface area (Å²) in [6.07, 6.45) is 8.88. The second-order valence-electron chi connectivity index (χ2n) is 6.20. The monoisotopic (exact) mass is 371 g/mol. The number of rotatable bonds is 4. The molecule has 7 heteroatoms. The van der Waals surface area contributed by atoms with Gasteiger partial charge in [0.05, 0.1) is 11.4 Å². The van der Waals surface area contributed by atoms with Crippen molar-refractivity contribution in [3.05, 3.63) is 88.7 Å². The Morgan fingerprint density at radius 2 is 1.93 bits per heavy atom. The van der Waals surface area contributed by atoms with Gasteiger partial charge in [0.2, 0.25) is 5.91 Å². The van der Waals surface area contributed by atoms with Gasteiger partial charge in [0.15, 0.2) is 5.65 Å². The Hall–Kier alpha value is -4.00. The Labute approximate surface area is 160 Å². The zero-order valence-electron chi connectivity index (χ0n) is 15.1. The van der Waals surface area contributed by atoms with Crippen LogP contribution in [-0.4, -0.2) is 25.1 Å². The van der Waals surface area contributed by atoms with Gasteiger partial charge in [-0.15, -0.1) is 0 Å². The van der Waals surface area contributed by atoms with Crippen LogP contribution in [-0.2, 0) is 4.79 Å². The Morgan fingerprint density at radius 3 is 2.64 bits per heavy atom. The van der Waals surface area contributed by atoms with E-state index in [2.05, 4.69) is 15.3 Å². The van der Waals surface area contributed by atoms with Crippen molar-refractivity contribution in [3.8, 4) is 5.69 Å². The van der Waals surface area contributed by atoms with E-state index >= 15 is 0 Å². The molecule has 0 radical (unpaired) electrons. The van der Waals surface area contributed by atoms with Gasteiger partial charge in [0.1, 0.15) is 0 Å². The van der Waals surface area contributed by atoms with Crippen LogP contribution in [0.25, 0.3) is 23.5 Å². The first-order valence-corrected chi connectivity index (χ1v) is 8.68. The Kier molecular flexibility index (Phi) is 4.55. The molecule has 1 amide bonds. The lowest BCUT2D eigenvalue weighted by Gasteiger charge is -2.08. The van der Waals surface area contributed by atoms with E-state index in [4.69, 9.17) is 0 Å². The van der Waals surface area contributed by atoms with Crippen LogP contribution in [0.15, 0.2) is 71.9 Å². The lowest BCUT2D eigenvalue weighted by molar-refractivity contribution is -0.114. The van der Waals surface area contributed by atoms with Crippen molar-refractivity contribution in [3.63, 3.8) is 0 Å². The SMILES string of the molecule is CC(=O)Nc1ccc(-n2ccc3nc(C=Cc4cccnc4)cc(=O)n32)cc1. The fraction of sp³-hybridized carbons (Fsp3) is 0.0476. The minimum absolute atomic E-state index is 0.133. The van der Waals surface area contributed by atoms with E-state index in [9.17, 15) is 9.59 Å². The molecule has 3 heterocycles. The lowest BCUT2D eigenvalue weighted by Crippen LogP contribution is -2.20. The third-order valence-electron chi connectivity index (χ3n) is 4.10. The van der Waals surface area contributed by atoms with E-state index in [0.29, 0.717) is 17.0 Å². The maximum atomic E-state index is 12.7. The first-order valence-electron chi connectivity index (χ1n) is 8.68. The summed E-state index contributed by atoms with van der Waals surface area (Å²) >= 11 is 0. The average Bonchev–Trinajstić information content (AvgIpc) is 3.12. The zero-order valence-corrected chi connectivity index (χ0v) is 15.1. The van der Waals surface area contributed by atoms with Crippen LogP contribution < -0.4 is 10.9 Å². The summed E-state index contributed by atoms with van der Waals surface area (Å²) in [4.78, 5) is 32.4. The first kappa shape index (κ1) is 17.4. The molecule has 0 saturated carbocycles. The molecule has 1 aromatic carbocycles. The average molecular weight is 371 g/mol. The van der Waals surface area contributed by atoms with E-state index in [1.165, 1.54) is 17.5 Å². The van der Waals surface area contributed by atoms with Crippen molar-refractivity contribution >= 4 is 29.4 Å². The molecule has 0 saturated heterocycles. The van der Waals surface area contributed by atoms with E-state index < -0.39 is 0 Å². The summed E-state index contributed by atoms with van der Waals surface area (Å²) in [6.45, 7) is 1.46. The van der Waals surface area contributed by atoms with Crippen LogP contribution in [0.4, 0.5) is 5.69 Å². The lowest BCUT2D eigenvalue weighted by atomic mass is 10.2. The van der Waals surface area contributed by atoms with Gasteiger partial charge in [-0.1, -0.05) is 12.1 Å². The summed E-state index contributed by atoms with van der Waals surface area (Å²) in [7, 11) is 0. The number of hydrogen-bond donors (Lipinski definition) is 1. The van der Waals surface area contributed by atoms with Crippen molar-refractivity contribution in [2.75, 3.05) is 5.32 Å². The van der Waals surface area contributed by atoms with Gasteiger partial charge in [0, 0.05) is 43.3 Å². The van der Waals surface area contributed by atoms with Crippen molar-refractivity contribution in [2.24, 2.45) is 0 Å². The molecule has 7 nitrogen and oxygen atoms in total. The number of amides is 1. The van der Waals surface area contributed by atoms with Crippen molar-refractivity contribution < 1.29 is 4.79 Å².